The summed E-state index contributed by atoms with van der Waals surface area (Å²) in [4.78, 5) is 24.4. The van der Waals surface area contributed by atoms with Gasteiger partial charge in [-0.1, -0.05) is 48.5 Å². The van der Waals surface area contributed by atoms with Gasteiger partial charge in [-0.15, -0.1) is 11.3 Å². The number of anilines is 1. The third kappa shape index (κ3) is 3.13. The molecule has 4 nitrogen and oxygen atoms in total. The van der Waals surface area contributed by atoms with E-state index < -0.39 is 0 Å². The lowest BCUT2D eigenvalue weighted by atomic mass is 9.99. The molecule has 0 radical (unpaired) electrons. The van der Waals surface area contributed by atoms with Crippen molar-refractivity contribution in [1.82, 2.24) is 9.97 Å². The van der Waals surface area contributed by atoms with Crippen molar-refractivity contribution < 1.29 is 4.79 Å². The molecule has 0 bridgehead atoms. The molecule has 2 aromatic heterocycles. The summed E-state index contributed by atoms with van der Waals surface area (Å²) in [6.07, 6.45) is 5.61. The molecule has 0 fully saturated rings. The lowest BCUT2D eigenvalue weighted by Gasteiger charge is -2.18. The van der Waals surface area contributed by atoms with E-state index in [1.807, 2.05) is 47.8 Å². The number of pyridine rings is 1. The molecular weight excluding hydrogens is 378 g/mol. The largest absolute Gasteiger partial charge is 0.287 e. The molecule has 2 heterocycles. The van der Waals surface area contributed by atoms with Gasteiger partial charge < -0.3 is 0 Å². The van der Waals surface area contributed by atoms with Crippen molar-refractivity contribution in [3.63, 3.8) is 0 Å². The fourth-order valence-corrected chi connectivity index (χ4v) is 4.52. The zero-order valence-electron chi connectivity index (χ0n) is 16.0. The Balaban J connectivity index is 1.69. The van der Waals surface area contributed by atoms with Crippen LogP contribution in [0, 0.1) is 0 Å². The Kier molecular flexibility index (Phi) is 4.45. The smallest absolute Gasteiger partial charge is 0.260 e. The number of para-hydroxylation sites is 1. The second kappa shape index (κ2) is 7.26. The van der Waals surface area contributed by atoms with Gasteiger partial charge in [0.05, 0.1) is 16.8 Å². The summed E-state index contributed by atoms with van der Waals surface area (Å²) >= 11 is 1.46. The van der Waals surface area contributed by atoms with Crippen LogP contribution < -0.4 is 4.90 Å². The van der Waals surface area contributed by atoms with E-state index in [-0.39, 0.29) is 5.91 Å². The summed E-state index contributed by atoms with van der Waals surface area (Å²) in [6.45, 7) is 0. The number of rotatable bonds is 3. The van der Waals surface area contributed by atoms with Crippen LogP contribution in [0.15, 0.2) is 66.2 Å². The standard InChI is InChI=1S/C24H19N3OS/c1-27(24-25-13-14-29-24)23(28)21-18-9-5-6-10-20(18)26-22-17(11-12-19(21)22)15-16-7-3-2-4-8-16/h2-10,13-15H,11-12H2,1H3. The monoisotopic (exact) mass is 397 g/mol. The van der Waals surface area contributed by atoms with Gasteiger partial charge in [0.2, 0.25) is 0 Å². The van der Waals surface area contributed by atoms with Crippen LogP contribution in [0.5, 0.6) is 0 Å². The van der Waals surface area contributed by atoms with Crippen molar-refractivity contribution in [2.45, 2.75) is 12.8 Å². The number of hydrogen-bond acceptors (Lipinski definition) is 4. The molecule has 5 heteroatoms. The molecule has 29 heavy (non-hydrogen) atoms. The molecule has 2 aromatic carbocycles. The molecule has 0 atom stereocenters. The number of amides is 1. The van der Waals surface area contributed by atoms with E-state index in [0.29, 0.717) is 5.13 Å². The first-order chi connectivity index (χ1) is 14.2. The molecule has 4 aromatic rings. The molecule has 0 saturated carbocycles. The topological polar surface area (TPSA) is 46.1 Å². The van der Waals surface area contributed by atoms with E-state index in [9.17, 15) is 4.79 Å². The average Bonchev–Trinajstić information content (AvgIpc) is 3.43. The van der Waals surface area contributed by atoms with Gasteiger partial charge in [0.1, 0.15) is 0 Å². The number of fused-ring (bicyclic) bond motifs is 2. The molecule has 0 N–H and O–H groups in total. The second-order valence-electron chi connectivity index (χ2n) is 7.09. The van der Waals surface area contributed by atoms with Crippen LogP contribution in [0.3, 0.4) is 0 Å². The minimum Gasteiger partial charge on any atom is -0.287 e. The summed E-state index contributed by atoms with van der Waals surface area (Å²) in [5, 5.41) is 3.48. The second-order valence-corrected chi connectivity index (χ2v) is 7.96. The Morgan fingerprint density at radius 2 is 1.86 bits per heavy atom. The summed E-state index contributed by atoms with van der Waals surface area (Å²) in [6, 6.07) is 18.2. The van der Waals surface area contributed by atoms with Crippen molar-refractivity contribution in [2.75, 3.05) is 11.9 Å². The molecule has 0 aliphatic heterocycles. The van der Waals surface area contributed by atoms with Crippen LogP contribution in [-0.2, 0) is 6.42 Å². The number of thiazole rings is 1. The normalized spacial score (nSPS) is 14.3. The van der Waals surface area contributed by atoms with Gasteiger partial charge >= 0.3 is 0 Å². The van der Waals surface area contributed by atoms with Crippen molar-refractivity contribution in [1.29, 1.82) is 0 Å². The van der Waals surface area contributed by atoms with E-state index in [2.05, 4.69) is 23.2 Å². The summed E-state index contributed by atoms with van der Waals surface area (Å²) in [5.41, 5.74) is 5.92. The van der Waals surface area contributed by atoms with Gasteiger partial charge in [0.25, 0.3) is 5.91 Å². The van der Waals surface area contributed by atoms with Gasteiger partial charge in [0, 0.05) is 24.0 Å². The Bertz CT molecular complexity index is 1230. The highest BCUT2D eigenvalue weighted by Gasteiger charge is 2.29. The van der Waals surface area contributed by atoms with E-state index >= 15 is 0 Å². The van der Waals surface area contributed by atoms with Crippen molar-refractivity contribution in [2.24, 2.45) is 0 Å². The van der Waals surface area contributed by atoms with Crippen LogP contribution in [0.25, 0.3) is 22.6 Å². The average molecular weight is 398 g/mol. The predicted octanol–water partition coefficient (Wildman–Crippen LogP) is 5.45. The third-order valence-electron chi connectivity index (χ3n) is 5.31. The maximum Gasteiger partial charge on any atom is 0.260 e. The highest BCUT2D eigenvalue weighted by atomic mass is 32.1. The first-order valence-electron chi connectivity index (χ1n) is 9.57. The first-order valence-corrected chi connectivity index (χ1v) is 10.5. The predicted molar refractivity (Wildman–Crippen MR) is 119 cm³/mol. The van der Waals surface area contributed by atoms with Crippen LogP contribution in [0.2, 0.25) is 0 Å². The number of aromatic nitrogens is 2. The number of carbonyl (C=O) groups excluding carboxylic acids is 1. The van der Waals surface area contributed by atoms with E-state index in [1.165, 1.54) is 16.9 Å². The zero-order chi connectivity index (χ0) is 19.8. The fourth-order valence-electron chi connectivity index (χ4n) is 3.91. The molecule has 1 amide bonds. The highest BCUT2D eigenvalue weighted by Crippen LogP contribution is 2.38. The highest BCUT2D eigenvalue weighted by molar-refractivity contribution is 7.13. The van der Waals surface area contributed by atoms with Gasteiger partial charge in [-0.05, 0) is 41.7 Å². The molecule has 0 spiro atoms. The molecule has 0 saturated heterocycles. The Morgan fingerprint density at radius 3 is 2.66 bits per heavy atom. The van der Waals surface area contributed by atoms with Crippen LogP contribution in [0.4, 0.5) is 5.13 Å². The third-order valence-corrected chi connectivity index (χ3v) is 6.15. The molecular formula is C24H19N3OS. The van der Waals surface area contributed by atoms with Crippen LogP contribution >= 0.6 is 11.3 Å². The van der Waals surface area contributed by atoms with Gasteiger partial charge in [0.15, 0.2) is 5.13 Å². The number of hydrogen-bond donors (Lipinski definition) is 0. The summed E-state index contributed by atoms with van der Waals surface area (Å²) in [7, 11) is 1.79. The molecule has 0 unspecified atom stereocenters. The number of carbonyl (C=O) groups is 1. The van der Waals surface area contributed by atoms with Crippen molar-refractivity contribution >= 4 is 44.9 Å². The number of benzene rings is 2. The fraction of sp³-hybridized carbons (Fsp3) is 0.125. The Morgan fingerprint density at radius 1 is 1.07 bits per heavy atom. The quantitative estimate of drug-likeness (QED) is 0.461. The van der Waals surface area contributed by atoms with E-state index in [0.717, 1.165) is 46.1 Å². The Hall–Kier alpha value is -3.31. The van der Waals surface area contributed by atoms with E-state index in [4.69, 9.17) is 4.98 Å². The summed E-state index contributed by atoms with van der Waals surface area (Å²) < 4.78 is 0. The zero-order valence-corrected chi connectivity index (χ0v) is 16.8. The van der Waals surface area contributed by atoms with Crippen LogP contribution in [0.1, 0.15) is 33.6 Å². The van der Waals surface area contributed by atoms with Crippen LogP contribution in [-0.4, -0.2) is 22.9 Å². The van der Waals surface area contributed by atoms with Crippen molar-refractivity contribution in [3.8, 4) is 0 Å². The lowest BCUT2D eigenvalue weighted by Crippen LogP contribution is -2.27. The molecule has 142 valence electrons. The minimum absolute atomic E-state index is 0.0317. The Labute approximate surface area is 173 Å². The minimum atomic E-state index is -0.0317. The van der Waals surface area contributed by atoms with E-state index in [1.54, 1.807) is 18.1 Å². The number of allylic oxidation sites excluding steroid dienone is 1. The van der Waals surface area contributed by atoms with Gasteiger partial charge in [-0.2, -0.15) is 0 Å². The maximum absolute atomic E-state index is 13.5. The van der Waals surface area contributed by atoms with Crippen molar-refractivity contribution in [3.05, 3.63) is 88.6 Å². The maximum atomic E-state index is 13.5. The lowest BCUT2D eigenvalue weighted by molar-refractivity contribution is 0.0993. The molecule has 1 aliphatic carbocycles. The molecule has 1 aliphatic rings. The molecule has 5 rings (SSSR count). The SMILES string of the molecule is CN(C(=O)c1c2c(nc3ccccc13)C(=Cc1ccccc1)CC2)c1nccs1. The van der Waals surface area contributed by atoms with Gasteiger partial charge in [-0.25, -0.2) is 9.97 Å². The number of nitrogens with zero attached hydrogens (tertiary/aromatic N) is 3. The first kappa shape index (κ1) is 17.8. The van der Waals surface area contributed by atoms with Gasteiger partial charge in [-0.3, -0.25) is 9.69 Å². The summed E-state index contributed by atoms with van der Waals surface area (Å²) in [5.74, 6) is -0.0317.